The van der Waals surface area contributed by atoms with E-state index in [0.29, 0.717) is 30.2 Å². The van der Waals surface area contributed by atoms with Gasteiger partial charge in [0.25, 0.3) is 0 Å². The highest BCUT2D eigenvalue weighted by atomic mass is 35.5. The van der Waals surface area contributed by atoms with Crippen LogP contribution in [0.3, 0.4) is 0 Å². The number of rotatable bonds is 6. The van der Waals surface area contributed by atoms with Crippen molar-refractivity contribution in [3.63, 3.8) is 0 Å². The molecule has 1 aliphatic rings. The monoisotopic (exact) mass is 423 g/mol. The molecule has 3 rings (SSSR count). The van der Waals surface area contributed by atoms with E-state index in [1.807, 2.05) is 6.07 Å². The maximum absolute atomic E-state index is 13.3. The second-order valence-corrected chi connectivity index (χ2v) is 7.06. The van der Waals surface area contributed by atoms with Gasteiger partial charge >= 0.3 is 0 Å². The van der Waals surface area contributed by atoms with Gasteiger partial charge in [0.2, 0.25) is 5.91 Å². The molecule has 2 aromatic rings. The number of aliphatic hydroxyl groups excluding tert-OH is 1. The zero-order valence-electron chi connectivity index (χ0n) is 16.2. The average molecular weight is 424 g/mol. The van der Waals surface area contributed by atoms with Crippen LogP contribution in [0.15, 0.2) is 36.4 Å². The number of benzene rings is 2. The Morgan fingerprint density at radius 3 is 2.66 bits per heavy atom. The van der Waals surface area contributed by atoms with Crippen LogP contribution in [0, 0.1) is 5.82 Å². The molecule has 2 atom stereocenters. The fourth-order valence-corrected chi connectivity index (χ4v) is 3.76. The van der Waals surface area contributed by atoms with Crippen molar-refractivity contribution in [1.29, 1.82) is 0 Å². The molecule has 1 N–H and O–H groups in total. The van der Waals surface area contributed by atoms with Crippen LogP contribution in [0.25, 0.3) is 0 Å². The first-order valence-electron chi connectivity index (χ1n) is 9.16. The third-order valence-electron chi connectivity index (χ3n) is 4.96. The van der Waals surface area contributed by atoms with Crippen molar-refractivity contribution < 1.29 is 28.5 Å². The predicted molar refractivity (Wildman–Crippen MR) is 106 cm³/mol. The van der Waals surface area contributed by atoms with Gasteiger partial charge in [0, 0.05) is 11.6 Å². The Morgan fingerprint density at radius 1 is 1.24 bits per heavy atom. The van der Waals surface area contributed by atoms with Crippen LogP contribution in [0.2, 0.25) is 5.02 Å². The van der Waals surface area contributed by atoms with E-state index >= 15 is 0 Å². The van der Waals surface area contributed by atoms with E-state index in [1.54, 1.807) is 24.1 Å². The number of ether oxygens (including phenoxy) is 3. The zero-order chi connectivity index (χ0) is 21.0. The van der Waals surface area contributed by atoms with E-state index in [4.69, 9.17) is 25.8 Å². The molecule has 1 fully saturated rings. The summed E-state index contributed by atoms with van der Waals surface area (Å²) in [5, 5.41) is 10.0. The highest BCUT2D eigenvalue weighted by Gasteiger charge is 2.36. The van der Waals surface area contributed by atoms with E-state index in [0.717, 1.165) is 5.56 Å². The molecule has 1 saturated heterocycles. The number of morpholine rings is 1. The molecule has 0 bridgehead atoms. The molecule has 2 aromatic carbocycles. The van der Waals surface area contributed by atoms with Crippen LogP contribution in [0.5, 0.6) is 11.5 Å². The zero-order valence-corrected chi connectivity index (χ0v) is 17.0. The van der Waals surface area contributed by atoms with Gasteiger partial charge in [-0.1, -0.05) is 23.7 Å². The van der Waals surface area contributed by atoms with Crippen molar-refractivity contribution in [3.05, 3.63) is 58.4 Å². The van der Waals surface area contributed by atoms with Gasteiger partial charge in [0.05, 0.1) is 39.9 Å². The summed E-state index contributed by atoms with van der Waals surface area (Å²) in [7, 11) is 3.07. The quantitative estimate of drug-likeness (QED) is 0.773. The molecule has 0 spiro atoms. The lowest BCUT2D eigenvalue weighted by Gasteiger charge is -2.41. The molecular weight excluding hydrogens is 401 g/mol. The number of hydrogen-bond acceptors (Lipinski definition) is 5. The van der Waals surface area contributed by atoms with Crippen molar-refractivity contribution in [2.45, 2.75) is 18.6 Å². The topological polar surface area (TPSA) is 68.2 Å². The summed E-state index contributed by atoms with van der Waals surface area (Å²) in [5.41, 5.74) is 1.29. The Bertz CT molecular complexity index is 878. The van der Waals surface area contributed by atoms with Gasteiger partial charge in [0.1, 0.15) is 11.9 Å². The molecular formula is C21H23ClFNO5. The number of methoxy groups -OCH3 is 2. The summed E-state index contributed by atoms with van der Waals surface area (Å²) in [6.07, 6.45) is -0.574. The first kappa shape index (κ1) is 21.4. The van der Waals surface area contributed by atoms with Crippen molar-refractivity contribution in [2.75, 3.05) is 34.0 Å². The SMILES string of the molecule is COc1ccc([C@@H]2[C@@H](CO)OCCN2C(=O)Cc2ccc(F)cc2Cl)cc1OC. The summed E-state index contributed by atoms with van der Waals surface area (Å²) >= 11 is 6.09. The molecule has 0 radical (unpaired) electrons. The lowest BCUT2D eigenvalue weighted by molar-refractivity contribution is -0.149. The Hall–Kier alpha value is -2.35. The van der Waals surface area contributed by atoms with Gasteiger partial charge in [-0.2, -0.15) is 0 Å². The third kappa shape index (κ3) is 4.63. The summed E-state index contributed by atoms with van der Waals surface area (Å²) in [4.78, 5) is 14.8. The first-order valence-corrected chi connectivity index (χ1v) is 9.54. The lowest BCUT2D eigenvalue weighted by Crippen LogP contribution is -2.50. The number of amides is 1. The summed E-state index contributed by atoms with van der Waals surface area (Å²) in [6, 6.07) is 8.78. The molecule has 1 heterocycles. The molecule has 0 aliphatic carbocycles. The van der Waals surface area contributed by atoms with E-state index in [-0.39, 0.29) is 24.0 Å². The normalized spacial score (nSPS) is 19.1. The van der Waals surface area contributed by atoms with Gasteiger partial charge in [-0.25, -0.2) is 4.39 Å². The van der Waals surface area contributed by atoms with Crippen molar-refractivity contribution in [1.82, 2.24) is 4.90 Å². The van der Waals surface area contributed by atoms with Crippen LogP contribution < -0.4 is 9.47 Å². The lowest BCUT2D eigenvalue weighted by atomic mass is 9.97. The molecule has 0 aromatic heterocycles. The minimum absolute atomic E-state index is 0.0149. The minimum Gasteiger partial charge on any atom is -0.493 e. The van der Waals surface area contributed by atoms with Gasteiger partial charge in [0.15, 0.2) is 11.5 Å². The second kappa shape index (κ2) is 9.43. The van der Waals surface area contributed by atoms with Crippen LogP contribution in [0.4, 0.5) is 4.39 Å². The Kier molecular flexibility index (Phi) is 6.95. The highest BCUT2D eigenvalue weighted by molar-refractivity contribution is 6.31. The van der Waals surface area contributed by atoms with E-state index in [2.05, 4.69) is 0 Å². The first-order chi connectivity index (χ1) is 14.0. The van der Waals surface area contributed by atoms with Crippen LogP contribution in [-0.2, 0) is 16.0 Å². The highest BCUT2D eigenvalue weighted by Crippen LogP contribution is 2.36. The Morgan fingerprint density at radius 2 is 2.00 bits per heavy atom. The molecule has 1 aliphatic heterocycles. The molecule has 0 saturated carbocycles. The standard InChI is InChI=1S/C21H23ClFNO5/c1-27-17-6-4-14(9-18(17)28-2)21-19(12-25)29-8-7-24(21)20(26)10-13-3-5-15(23)11-16(13)22/h3-6,9,11,19,21,25H,7-8,10,12H2,1-2H3/t19-,21-/m1/s1. The van der Waals surface area contributed by atoms with Crippen molar-refractivity contribution >= 4 is 17.5 Å². The second-order valence-electron chi connectivity index (χ2n) is 6.65. The molecule has 29 heavy (non-hydrogen) atoms. The fourth-order valence-electron chi connectivity index (χ4n) is 3.53. The summed E-state index contributed by atoms with van der Waals surface area (Å²) < 4.78 is 29.7. The fraction of sp³-hybridized carbons (Fsp3) is 0.381. The van der Waals surface area contributed by atoms with Crippen molar-refractivity contribution in [2.24, 2.45) is 0 Å². The maximum Gasteiger partial charge on any atom is 0.227 e. The van der Waals surface area contributed by atoms with E-state index in [9.17, 15) is 14.3 Å². The molecule has 6 nitrogen and oxygen atoms in total. The van der Waals surface area contributed by atoms with Crippen LogP contribution in [-0.4, -0.2) is 56.0 Å². The number of carbonyl (C=O) groups is 1. The average Bonchev–Trinajstić information content (AvgIpc) is 2.74. The third-order valence-corrected chi connectivity index (χ3v) is 5.31. The minimum atomic E-state index is -0.588. The van der Waals surface area contributed by atoms with Gasteiger partial charge in [-0.3, -0.25) is 4.79 Å². The Balaban J connectivity index is 1.92. The summed E-state index contributed by atoms with van der Waals surface area (Å²) in [6.45, 7) is 0.408. The number of halogens is 2. The van der Waals surface area contributed by atoms with E-state index < -0.39 is 18.0 Å². The molecule has 1 amide bonds. The smallest absolute Gasteiger partial charge is 0.227 e. The number of carbonyl (C=O) groups excluding carboxylic acids is 1. The molecule has 156 valence electrons. The van der Waals surface area contributed by atoms with Gasteiger partial charge in [-0.15, -0.1) is 0 Å². The summed E-state index contributed by atoms with van der Waals surface area (Å²) in [5.74, 6) is 0.423. The predicted octanol–water partition coefficient (Wildman–Crippen LogP) is 3.00. The number of nitrogens with zero attached hydrogens (tertiary/aromatic N) is 1. The van der Waals surface area contributed by atoms with Crippen molar-refractivity contribution in [3.8, 4) is 11.5 Å². The van der Waals surface area contributed by atoms with Crippen LogP contribution in [0.1, 0.15) is 17.2 Å². The Labute approximate surface area is 173 Å². The van der Waals surface area contributed by atoms with Crippen LogP contribution >= 0.6 is 11.6 Å². The van der Waals surface area contributed by atoms with Gasteiger partial charge in [-0.05, 0) is 35.4 Å². The molecule has 8 heteroatoms. The van der Waals surface area contributed by atoms with Gasteiger partial charge < -0.3 is 24.2 Å². The largest absolute Gasteiger partial charge is 0.493 e. The molecule has 0 unspecified atom stereocenters. The number of hydrogen-bond donors (Lipinski definition) is 1. The van der Waals surface area contributed by atoms with E-state index in [1.165, 1.54) is 25.3 Å². The number of aliphatic hydroxyl groups is 1. The maximum atomic E-state index is 13.3.